The van der Waals surface area contributed by atoms with E-state index in [1.807, 2.05) is 12.1 Å². The SMILES string of the molecule is CCC(Cl)CNc1cccnn1. The van der Waals surface area contributed by atoms with Crippen molar-refractivity contribution in [3.63, 3.8) is 0 Å². The molecule has 12 heavy (non-hydrogen) atoms. The molecule has 4 heteroatoms. The maximum absolute atomic E-state index is 5.90. The first-order valence-corrected chi connectivity index (χ1v) is 4.42. The van der Waals surface area contributed by atoms with Gasteiger partial charge in [0.1, 0.15) is 5.82 Å². The van der Waals surface area contributed by atoms with Crippen molar-refractivity contribution in [3.05, 3.63) is 18.3 Å². The number of hydrogen-bond donors (Lipinski definition) is 1. The quantitative estimate of drug-likeness (QED) is 0.729. The summed E-state index contributed by atoms with van der Waals surface area (Å²) in [5.41, 5.74) is 0. The van der Waals surface area contributed by atoms with Crippen LogP contribution in [0.25, 0.3) is 0 Å². The molecule has 0 bridgehead atoms. The Bertz CT molecular complexity index is 215. The van der Waals surface area contributed by atoms with Crippen molar-refractivity contribution in [2.75, 3.05) is 11.9 Å². The monoisotopic (exact) mass is 185 g/mol. The Morgan fingerprint density at radius 1 is 1.67 bits per heavy atom. The van der Waals surface area contributed by atoms with Crippen LogP contribution in [0, 0.1) is 0 Å². The molecule has 3 nitrogen and oxygen atoms in total. The number of halogens is 1. The van der Waals surface area contributed by atoms with Crippen molar-refractivity contribution in [2.24, 2.45) is 0 Å². The third-order valence-electron chi connectivity index (χ3n) is 1.52. The second-order valence-electron chi connectivity index (χ2n) is 2.50. The normalized spacial score (nSPS) is 12.5. The van der Waals surface area contributed by atoms with Gasteiger partial charge in [-0.1, -0.05) is 6.92 Å². The Kier molecular flexibility index (Phi) is 3.80. The molecule has 0 radical (unpaired) electrons. The van der Waals surface area contributed by atoms with Crippen molar-refractivity contribution in [1.29, 1.82) is 0 Å². The van der Waals surface area contributed by atoms with Gasteiger partial charge in [-0.15, -0.1) is 16.7 Å². The summed E-state index contributed by atoms with van der Waals surface area (Å²) in [7, 11) is 0. The molecule has 1 atom stereocenters. The number of anilines is 1. The zero-order chi connectivity index (χ0) is 8.81. The maximum atomic E-state index is 5.90. The molecule has 1 heterocycles. The average molecular weight is 186 g/mol. The second-order valence-corrected chi connectivity index (χ2v) is 3.11. The molecule has 1 rings (SSSR count). The van der Waals surface area contributed by atoms with Gasteiger partial charge in [0.15, 0.2) is 0 Å². The molecule has 0 spiro atoms. The van der Waals surface area contributed by atoms with E-state index >= 15 is 0 Å². The lowest BCUT2D eigenvalue weighted by Gasteiger charge is -2.07. The van der Waals surface area contributed by atoms with Crippen LogP contribution in [0.4, 0.5) is 5.82 Å². The van der Waals surface area contributed by atoms with Gasteiger partial charge >= 0.3 is 0 Å². The fourth-order valence-electron chi connectivity index (χ4n) is 0.755. The highest BCUT2D eigenvalue weighted by Gasteiger charge is 2.00. The fraction of sp³-hybridized carbons (Fsp3) is 0.500. The third-order valence-corrected chi connectivity index (χ3v) is 1.98. The summed E-state index contributed by atoms with van der Waals surface area (Å²) in [5, 5.41) is 10.8. The lowest BCUT2D eigenvalue weighted by Crippen LogP contribution is -2.13. The summed E-state index contributed by atoms with van der Waals surface area (Å²) < 4.78 is 0. The first-order valence-electron chi connectivity index (χ1n) is 3.98. The molecule has 0 fully saturated rings. The Balaban J connectivity index is 2.33. The van der Waals surface area contributed by atoms with Crippen LogP contribution in [0.15, 0.2) is 18.3 Å². The topological polar surface area (TPSA) is 37.8 Å². The van der Waals surface area contributed by atoms with Gasteiger partial charge in [-0.05, 0) is 18.6 Å². The average Bonchev–Trinajstić information content (AvgIpc) is 2.16. The van der Waals surface area contributed by atoms with Crippen LogP contribution >= 0.6 is 11.6 Å². The van der Waals surface area contributed by atoms with E-state index in [1.165, 1.54) is 0 Å². The molecule has 1 aromatic rings. The van der Waals surface area contributed by atoms with Gasteiger partial charge in [0.2, 0.25) is 0 Å². The van der Waals surface area contributed by atoms with Crippen molar-refractivity contribution >= 4 is 17.4 Å². The fourth-order valence-corrected chi connectivity index (χ4v) is 0.833. The molecular formula is C8H12ClN3. The molecular weight excluding hydrogens is 174 g/mol. The molecule has 0 aliphatic carbocycles. The van der Waals surface area contributed by atoms with Crippen LogP contribution in [0.2, 0.25) is 0 Å². The molecule has 66 valence electrons. The van der Waals surface area contributed by atoms with Crippen LogP contribution in [-0.2, 0) is 0 Å². The molecule has 0 amide bonds. The molecule has 1 unspecified atom stereocenters. The van der Waals surface area contributed by atoms with E-state index < -0.39 is 0 Å². The number of hydrogen-bond acceptors (Lipinski definition) is 3. The highest BCUT2D eigenvalue weighted by atomic mass is 35.5. The Hall–Kier alpha value is -0.830. The first kappa shape index (κ1) is 9.26. The van der Waals surface area contributed by atoms with Crippen molar-refractivity contribution in [1.82, 2.24) is 10.2 Å². The van der Waals surface area contributed by atoms with Crippen LogP contribution < -0.4 is 5.32 Å². The summed E-state index contributed by atoms with van der Waals surface area (Å²) >= 11 is 5.90. The molecule has 0 saturated heterocycles. The van der Waals surface area contributed by atoms with E-state index in [0.29, 0.717) is 0 Å². The zero-order valence-corrected chi connectivity index (χ0v) is 7.75. The van der Waals surface area contributed by atoms with E-state index in [-0.39, 0.29) is 5.38 Å². The second kappa shape index (κ2) is 4.93. The molecule has 0 aromatic carbocycles. The smallest absolute Gasteiger partial charge is 0.148 e. The van der Waals surface area contributed by atoms with Gasteiger partial charge in [-0.2, -0.15) is 5.10 Å². The summed E-state index contributed by atoms with van der Waals surface area (Å²) in [6, 6.07) is 3.71. The molecule has 0 aliphatic heterocycles. The predicted octanol–water partition coefficient (Wildman–Crippen LogP) is 1.91. The maximum Gasteiger partial charge on any atom is 0.148 e. The minimum absolute atomic E-state index is 0.159. The summed E-state index contributed by atoms with van der Waals surface area (Å²) in [4.78, 5) is 0. The van der Waals surface area contributed by atoms with E-state index in [0.717, 1.165) is 18.8 Å². The predicted molar refractivity (Wildman–Crippen MR) is 50.5 cm³/mol. The molecule has 0 saturated carbocycles. The van der Waals surface area contributed by atoms with E-state index in [9.17, 15) is 0 Å². The standard InChI is InChI=1S/C8H12ClN3/c1-2-7(9)6-10-8-4-3-5-11-12-8/h3-5,7H,2,6H2,1H3,(H,10,12). The van der Waals surface area contributed by atoms with Crippen molar-refractivity contribution < 1.29 is 0 Å². The molecule has 1 aromatic heterocycles. The Labute approximate surface area is 77.2 Å². The third kappa shape index (κ3) is 3.05. The summed E-state index contributed by atoms with van der Waals surface area (Å²) in [6.45, 7) is 2.78. The van der Waals surface area contributed by atoms with Gasteiger partial charge in [0, 0.05) is 12.7 Å². The number of aromatic nitrogens is 2. The van der Waals surface area contributed by atoms with E-state index in [1.54, 1.807) is 6.20 Å². The Morgan fingerprint density at radius 3 is 3.08 bits per heavy atom. The van der Waals surface area contributed by atoms with Crippen LogP contribution in [-0.4, -0.2) is 22.1 Å². The largest absolute Gasteiger partial charge is 0.367 e. The van der Waals surface area contributed by atoms with Gasteiger partial charge in [0.25, 0.3) is 0 Å². The Morgan fingerprint density at radius 2 is 2.50 bits per heavy atom. The number of rotatable bonds is 4. The molecule has 1 N–H and O–H groups in total. The van der Waals surface area contributed by atoms with Gasteiger partial charge in [-0.3, -0.25) is 0 Å². The van der Waals surface area contributed by atoms with Crippen molar-refractivity contribution in [2.45, 2.75) is 18.7 Å². The van der Waals surface area contributed by atoms with Gasteiger partial charge in [-0.25, -0.2) is 0 Å². The van der Waals surface area contributed by atoms with Crippen LogP contribution in [0.3, 0.4) is 0 Å². The van der Waals surface area contributed by atoms with E-state index in [4.69, 9.17) is 11.6 Å². The number of nitrogens with zero attached hydrogens (tertiary/aromatic N) is 2. The van der Waals surface area contributed by atoms with Crippen molar-refractivity contribution in [3.8, 4) is 0 Å². The lowest BCUT2D eigenvalue weighted by molar-refractivity contribution is 0.836. The minimum atomic E-state index is 0.159. The highest BCUT2D eigenvalue weighted by molar-refractivity contribution is 6.20. The van der Waals surface area contributed by atoms with Crippen LogP contribution in [0.1, 0.15) is 13.3 Å². The molecule has 0 aliphatic rings. The summed E-state index contributed by atoms with van der Waals surface area (Å²) in [5.74, 6) is 0.775. The van der Waals surface area contributed by atoms with Crippen LogP contribution in [0.5, 0.6) is 0 Å². The van der Waals surface area contributed by atoms with E-state index in [2.05, 4.69) is 22.4 Å². The number of nitrogens with one attached hydrogen (secondary N) is 1. The van der Waals surface area contributed by atoms with Gasteiger partial charge in [0.05, 0.1) is 5.38 Å². The van der Waals surface area contributed by atoms with Gasteiger partial charge < -0.3 is 5.32 Å². The summed E-state index contributed by atoms with van der Waals surface area (Å²) in [6.07, 6.45) is 2.60. The minimum Gasteiger partial charge on any atom is -0.367 e. The first-order chi connectivity index (χ1) is 5.83. The zero-order valence-electron chi connectivity index (χ0n) is 7.00. The number of alkyl halides is 1. The highest BCUT2D eigenvalue weighted by Crippen LogP contribution is 2.03. The lowest BCUT2D eigenvalue weighted by atomic mass is 10.3.